The van der Waals surface area contributed by atoms with Crippen molar-refractivity contribution in [2.75, 3.05) is 19.7 Å². The Morgan fingerprint density at radius 1 is 1.26 bits per heavy atom. The Hall–Kier alpha value is -1.56. The van der Waals surface area contributed by atoms with Gasteiger partial charge in [-0.2, -0.15) is 0 Å². The van der Waals surface area contributed by atoms with Gasteiger partial charge >= 0.3 is 0 Å². The van der Waals surface area contributed by atoms with Crippen molar-refractivity contribution in [2.24, 2.45) is 4.99 Å². The van der Waals surface area contributed by atoms with Crippen molar-refractivity contribution in [1.29, 1.82) is 0 Å². The predicted molar refractivity (Wildman–Crippen MR) is 75.2 cm³/mol. The van der Waals surface area contributed by atoms with Crippen molar-refractivity contribution in [1.82, 2.24) is 15.8 Å². The molecule has 3 N–H and O–H groups in total. The minimum atomic E-state index is 0.0814. The summed E-state index contributed by atoms with van der Waals surface area (Å²) in [6.07, 6.45) is 1.66. The largest absolute Gasteiger partial charge is 0.395 e. The van der Waals surface area contributed by atoms with Crippen LogP contribution in [-0.4, -0.2) is 35.9 Å². The summed E-state index contributed by atoms with van der Waals surface area (Å²) < 4.78 is 5.31. The molecule has 0 radical (unpaired) electrons. The van der Waals surface area contributed by atoms with E-state index >= 15 is 0 Å². The van der Waals surface area contributed by atoms with Gasteiger partial charge in [-0.1, -0.05) is 19.0 Å². The van der Waals surface area contributed by atoms with Gasteiger partial charge in [0.05, 0.1) is 18.8 Å². The van der Waals surface area contributed by atoms with Crippen molar-refractivity contribution in [3.63, 3.8) is 0 Å². The summed E-state index contributed by atoms with van der Waals surface area (Å²) in [5, 5.41) is 19.1. The van der Waals surface area contributed by atoms with E-state index in [9.17, 15) is 0 Å². The molecule has 0 unspecified atom stereocenters. The summed E-state index contributed by atoms with van der Waals surface area (Å²) >= 11 is 0. The molecule has 1 heterocycles. The lowest BCUT2D eigenvalue weighted by Gasteiger charge is -2.09. The van der Waals surface area contributed by atoms with Gasteiger partial charge in [0.2, 0.25) is 0 Å². The van der Waals surface area contributed by atoms with Gasteiger partial charge in [-0.25, -0.2) is 4.99 Å². The van der Waals surface area contributed by atoms with E-state index in [1.807, 2.05) is 13.8 Å². The first kappa shape index (κ1) is 15.5. The average molecular weight is 268 g/mol. The molecule has 0 atom stereocenters. The van der Waals surface area contributed by atoms with E-state index in [0.717, 1.165) is 36.4 Å². The maximum Gasteiger partial charge on any atom is 0.191 e. The van der Waals surface area contributed by atoms with Crippen LogP contribution in [0.5, 0.6) is 0 Å². The smallest absolute Gasteiger partial charge is 0.191 e. The van der Waals surface area contributed by atoms with Crippen molar-refractivity contribution in [2.45, 2.75) is 40.2 Å². The van der Waals surface area contributed by atoms with E-state index in [0.29, 0.717) is 19.0 Å². The fourth-order valence-corrected chi connectivity index (χ4v) is 1.79. The fourth-order valence-electron chi connectivity index (χ4n) is 1.79. The molecule has 1 rings (SSSR count). The maximum atomic E-state index is 8.83. The zero-order chi connectivity index (χ0) is 14.1. The third kappa shape index (κ3) is 4.55. The summed E-state index contributed by atoms with van der Waals surface area (Å²) in [6, 6.07) is 0. The van der Waals surface area contributed by atoms with Gasteiger partial charge in [-0.15, -0.1) is 0 Å². The number of aryl methyl sites for hydroxylation is 2. The lowest BCUT2D eigenvalue weighted by Crippen LogP contribution is -2.38. The van der Waals surface area contributed by atoms with Crippen LogP contribution in [0.4, 0.5) is 0 Å². The van der Waals surface area contributed by atoms with Crippen LogP contribution in [0.25, 0.3) is 0 Å². The molecule has 0 aliphatic rings. The van der Waals surface area contributed by atoms with Crippen molar-refractivity contribution >= 4 is 5.96 Å². The lowest BCUT2D eigenvalue weighted by molar-refractivity contribution is 0.300. The van der Waals surface area contributed by atoms with Gasteiger partial charge in [0.1, 0.15) is 5.76 Å². The molecule has 19 heavy (non-hydrogen) atoms. The minimum Gasteiger partial charge on any atom is -0.395 e. The molecule has 6 nitrogen and oxygen atoms in total. The molecule has 0 spiro atoms. The molecule has 0 aromatic carbocycles. The predicted octanol–water partition coefficient (Wildman–Crippen LogP) is 0.847. The highest BCUT2D eigenvalue weighted by atomic mass is 16.5. The second-order valence-corrected chi connectivity index (χ2v) is 4.08. The quantitative estimate of drug-likeness (QED) is 0.504. The van der Waals surface area contributed by atoms with E-state index in [4.69, 9.17) is 9.63 Å². The highest BCUT2D eigenvalue weighted by Crippen LogP contribution is 2.16. The summed E-state index contributed by atoms with van der Waals surface area (Å²) in [5.41, 5.74) is 2.05. The van der Waals surface area contributed by atoms with Gasteiger partial charge < -0.3 is 20.3 Å². The highest BCUT2D eigenvalue weighted by Gasteiger charge is 2.12. The zero-order valence-corrected chi connectivity index (χ0v) is 12.0. The highest BCUT2D eigenvalue weighted by molar-refractivity contribution is 5.79. The summed E-state index contributed by atoms with van der Waals surface area (Å²) in [5.74, 6) is 1.60. The van der Waals surface area contributed by atoms with Crippen molar-refractivity contribution in [3.05, 3.63) is 17.0 Å². The fraction of sp³-hybridized carbons (Fsp3) is 0.692. The number of aliphatic hydroxyl groups is 1. The van der Waals surface area contributed by atoms with Crippen molar-refractivity contribution in [3.8, 4) is 0 Å². The number of hydrogen-bond donors (Lipinski definition) is 3. The number of hydrogen-bond acceptors (Lipinski definition) is 4. The minimum absolute atomic E-state index is 0.0814. The number of aromatic nitrogens is 1. The van der Waals surface area contributed by atoms with Crippen LogP contribution in [0, 0.1) is 0 Å². The first-order chi connectivity index (χ1) is 9.26. The van der Waals surface area contributed by atoms with Crippen LogP contribution in [0.3, 0.4) is 0 Å². The SMILES string of the molecule is CCNC(=NCc1c(CC)noc1CC)NCCO. The van der Waals surface area contributed by atoms with E-state index in [2.05, 4.69) is 27.7 Å². The second-order valence-electron chi connectivity index (χ2n) is 4.08. The van der Waals surface area contributed by atoms with Gasteiger partial charge in [0.15, 0.2) is 5.96 Å². The number of rotatable bonds is 7. The van der Waals surface area contributed by atoms with E-state index in [1.165, 1.54) is 0 Å². The van der Waals surface area contributed by atoms with Gasteiger partial charge in [-0.3, -0.25) is 0 Å². The van der Waals surface area contributed by atoms with Gasteiger partial charge in [-0.05, 0) is 13.3 Å². The molecule has 0 saturated heterocycles. The van der Waals surface area contributed by atoms with Crippen LogP contribution in [-0.2, 0) is 19.4 Å². The molecule has 6 heteroatoms. The van der Waals surface area contributed by atoms with Crippen LogP contribution < -0.4 is 10.6 Å². The molecule has 0 fully saturated rings. The maximum absolute atomic E-state index is 8.83. The molecular weight excluding hydrogens is 244 g/mol. The summed E-state index contributed by atoms with van der Waals surface area (Å²) in [6.45, 7) is 7.99. The Morgan fingerprint density at radius 2 is 2.05 bits per heavy atom. The van der Waals surface area contributed by atoms with E-state index < -0.39 is 0 Å². The lowest BCUT2D eigenvalue weighted by atomic mass is 10.1. The Labute approximate surface area is 114 Å². The van der Waals surface area contributed by atoms with Crippen LogP contribution in [0.15, 0.2) is 9.52 Å². The number of aliphatic hydroxyl groups excluding tert-OH is 1. The Kier molecular flexibility index (Phi) is 6.95. The topological polar surface area (TPSA) is 82.7 Å². The third-order valence-corrected chi connectivity index (χ3v) is 2.75. The Balaban J connectivity index is 2.77. The van der Waals surface area contributed by atoms with Gasteiger partial charge in [0, 0.05) is 25.1 Å². The number of aliphatic imine (C=N–C) groups is 1. The number of guanidine groups is 1. The zero-order valence-electron chi connectivity index (χ0n) is 12.0. The van der Waals surface area contributed by atoms with E-state index in [-0.39, 0.29) is 6.61 Å². The molecule has 0 bridgehead atoms. The summed E-state index contributed by atoms with van der Waals surface area (Å²) in [4.78, 5) is 4.49. The molecular formula is C13H24N4O2. The average Bonchev–Trinajstić information content (AvgIpc) is 2.83. The Bertz CT molecular complexity index is 380. The first-order valence-corrected chi connectivity index (χ1v) is 6.86. The van der Waals surface area contributed by atoms with Crippen LogP contribution >= 0.6 is 0 Å². The molecule has 1 aromatic heterocycles. The second kappa shape index (κ2) is 8.53. The molecule has 108 valence electrons. The number of nitrogens with zero attached hydrogens (tertiary/aromatic N) is 2. The monoisotopic (exact) mass is 268 g/mol. The van der Waals surface area contributed by atoms with Crippen molar-refractivity contribution < 1.29 is 9.63 Å². The molecule has 0 aliphatic heterocycles. The molecule has 0 aliphatic carbocycles. The van der Waals surface area contributed by atoms with Gasteiger partial charge in [0.25, 0.3) is 0 Å². The standard InChI is InChI=1S/C13H24N4O2/c1-4-11-10(12(5-2)19-17-11)9-16-13(14-6-3)15-7-8-18/h18H,4-9H2,1-3H3,(H2,14,15,16). The summed E-state index contributed by atoms with van der Waals surface area (Å²) in [7, 11) is 0. The van der Waals surface area contributed by atoms with Crippen LogP contribution in [0.1, 0.15) is 37.8 Å². The normalized spacial score (nSPS) is 11.7. The van der Waals surface area contributed by atoms with Crippen LogP contribution in [0.2, 0.25) is 0 Å². The molecule has 1 aromatic rings. The molecule has 0 amide bonds. The first-order valence-electron chi connectivity index (χ1n) is 6.86. The van der Waals surface area contributed by atoms with E-state index in [1.54, 1.807) is 0 Å². The molecule has 0 saturated carbocycles. The Morgan fingerprint density at radius 3 is 2.63 bits per heavy atom. The third-order valence-electron chi connectivity index (χ3n) is 2.75. The number of nitrogens with one attached hydrogen (secondary N) is 2.